The monoisotopic (exact) mass is 444 g/mol. The zero-order chi connectivity index (χ0) is 22.8. The third-order valence-electron chi connectivity index (χ3n) is 5.44. The lowest BCUT2D eigenvalue weighted by molar-refractivity contribution is 0.0957. The molecule has 3 heterocycles. The molecule has 0 unspecified atom stereocenters. The molecule has 0 saturated carbocycles. The lowest BCUT2D eigenvalue weighted by Crippen LogP contribution is -2.46. The molecule has 1 fully saturated rings. The van der Waals surface area contributed by atoms with Crippen LogP contribution in [0.3, 0.4) is 0 Å². The summed E-state index contributed by atoms with van der Waals surface area (Å²) >= 11 is 0. The minimum atomic E-state index is -0.702. The van der Waals surface area contributed by atoms with E-state index in [4.69, 9.17) is 4.74 Å². The van der Waals surface area contributed by atoms with Gasteiger partial charge >= 0.3 is 5.56 Å². The van der Waals surface area contributed by atoms with Crippen molar-refractivity contribution >= 4 is 22.6 Å². The fourth-order valence-electron chi connectivity index (χ4n) is 3.71. The molecule has 0 radical (unpaired) electrons. The number of piperazine rings is 1. The van der Waals surface area contributed by atoms with Crippen LogP contribution in [0.5, 0.6) is 5.88 Å². The minimum absolute atomic E-state index is 0.0179. The number of aromatic nitrogens is 3. The summed E-state index contributed by atoms with van der Waals surface area (Å²) in [6, 6.07) is 6.30. The Morgan fingerprint density at radius 3 is 2.56 bits per heavy atom. The third kappa shape index (κ3) is 4.11. The molecule has 1 saturated heterocycles. The van der Waals surface area contributed by atoms with Crippen molar-refractivity contribution < 1.29 is 18.3 Å². The van der Waals surface area contributed by atoms with E-state index in [9.17, 15) is 18.4 Å². The number of nitrogens with zero attached hydrogens (tertiary/aromatic N) is 4. The number of H-pyrrole nitrogens is 1. The number of benzene rings is 1. The van der Waals surface area contributed by atoms with Gasteiger partial charge in [-0.25, -0.2) is 14.4 Å². The molecule has 4 rings (SSSR count). The van der Waals surface area contributed by atoms with Crippen molar-refractivity contribution in [2.75, 3.05) is 45.2 Å². The van der Waals surface area contributed by atoms with E-state index in [1.165, 1.54) is 20.2 Å². The summed E-state index contributed by atoms with van der Waals surface area (Å²) in [5, 5.41) is 2.41. The molecule has 0 atom stereocenters. The molecule has 3 aromatic rings. The van der Waals surface area contributed by atoms with Gasteiger partial charge in [0.15, 0.2) is 5.82 Å². The van der Waals surface area contributed by atoms with Crippen LogP contribution in [0.15, 0.2) is 29.1 Å². The third-order valence-corrected chi connectivity index (χ3v) is 5.44. The van der Waals surface area contributed by atoms with Crippen LogP contribution in [0.2, 0.25) is 0 Å². The first-order valence-corrected chi connectivity index (χ1v) is 10.0. The van der Waals surface area contributed by atoms with E-state index in [0.29, 0.717) is 49.5 Å². The Labute approximate surface area is 182 Å². The SMILES string of the molecule is CNC(=O)c1ccc(N2CCN(Cc3ccc4nc(OC)c(=O)[nH]c4c3F)CC2)c(F)n1. The van der Waals surface area contributed by atoms with Crippen LogP contribution < -0.4 is 20.5 Å². The quantitative estimate of drug-likeness (QED) is 0.572. The highest BCUT2D eigenvalue weighted by atomic mass is 19.1. The second-order valence-corrected chi connectivity index (χ2v) is 7.36. The summed E-state index contributed by atoms with van der Waals surface area (Å²) in [6.07, 6.45) is 0. The summed E-state index contributed by atoms with van der Waals surface area (Å²) in [4.78, 5) is 37.6. The van der Waals surface area contributed by atoms with Crippen molar-refractivity contribution in [1.82, 2.24) is 25.2 Å². The van der Waals surface area contributed by atoms with E-state index in [0.717, 1.165) is 0 Å². The Morgan fingerprint density at radius 1 is 1.16 bits per heavy atom. The van der Waals surface area contributed by atoms with Crippen LogP contribution >= 0.6 is 0 Å². The molecule has 32 heavy (non-hydrogen) atoms. The minimum Gasteiger partial charge on any atom is -0.477 e. The molecule has 2 aromatic heterocycles. The predicted octanol–water partition coefficient (Wildman–Crippen LogP) is 1.29. The smallest absolute Gasteiger partial charge is 0.311 e. The highest BCUT2D eigenvalue weighted by molar-refractivity contribution is 5.92. The van der Waals surface area contributed by atoms with Crippen LogP contribution in [-0.4, -0.2) is 66.1 Å². The van der Waals surface area contributed by atoms with Gasteiger partial charge in [0.25, 0.3) is 11.8 Å². The Morgan fingerprint density at radius 2 is 1.91 bits per heavy atom. The molecule has 0 spiro atoms. The van der Waals surface area contributed by atoms with Crippen LogP contribution in [-0.2, 0) is 6.54 Å². The molecule has 9 nitrogen and oxygen atoms in total. The summed E-state index contributed by atoms with van der Waals surface area (Å²) in [5.74, 6) is -1.80. The Hall–Kier alpha value is -3.60. The van der Waals surface area contributed by atoms with Crippen LogP contribution in [0.4, 0.5) is 14.5 Å². The van der Waals surface area contributed by atoms with Gasteiger partial charge in [0.05, 0.1) is 18.3 Å². The number of halogens is 2. The van der Waals surface area contributed by atoms with Crippen molar-refractivity contribution in [2.45, 2.75) is 6.54 Å². The van der Waals surface area contributed by atoms with Crippen molar-refractivity contribution in [3.63, 3.8) is 0 Å². The van der Waals surface area contributed by atoms with Crippen molar-refractivity contribution in [3.8, 4) is 5.88 Å². The van der Waals surface area contributed by atoms with E-state index < -0.39 is 23.2 Å². The summed E-state index contributed by atoms with van der Waals surface area (Å²) in [5.41, 5.74) is 0.516. The highest BCUT2D eigenvalue weighted by Crippen LogP contribution is 2.23. The van der Waals surface area contributed by atoms with E-state index in [1.807, 2.05) is 9.80 Å². The number of amides is 1. The van der Waals surface area contributed by atoms with E-state index in [-0.39, 0.29) is 17.1 Å². The average molecular weight is 444 g/mol. The standard InChI is InChI=1S/C21H22F2N6O3/c1-24-19(30)14-5-6-15(18(23)25-14)29-9-7-28(8-10-29)11-12-3-4-13-17(16(12)22)27-20(31)21(26-13)32-2/h3-6H,7-11H2,1-2H3,(H,24,30)(H,27,31). The fraction of sp³-hybridized carbons (Fsp3) is 0.333. The lowest BCUT2D eigenvalue weighted by atomic mass is 10.1. The molecule has 1 aliphatic rings. The number of carbonyl (C=O) groups excluding carboxylic acids is 1. The number of rotatable bonds is 5. The topological polar surface area (TPSA) is 103 Å². The predicted molar refractivity (Wildman–Crippen MR) is 114 cm³/mol. The molecule has 168 valence electrons. The molecule has 2 N–H and O–H groups in total. The molecular weight excluding hydrogens is 422 g/mol. The van der Waals surface area contributed by atoms with Gasteiger partial charge in [0.2, 0.25) is 5.95 Å². The van der Waals surface area contributed by atoms with Gasteiger partial charge in [0.1, 0.15) is 11.2 Å². The number of carbonyl (C=O) groups is 1. The first kappa shape index (κ1) is 21.6. The normalized spacial score (nSPS) is 14.6. The Balaban J connectivity index is 1.45. The second-order valence-electron chi connectivity index (χ2n) is 7.36. The maximum absolute atomic E-state index is 15.0. The number of hydrogen-bond acceptors (Lipinski definition) is 7. The molecule has 1 amide bonds. The first-order chi connectivity index (χ1) is 15.4. The van der Waals surface area contributed by atoms with Gasteiger partial charge in [0, 0.05) is 45.3 Å². The van der Waals surface area contributed by atoms with E-state index >= 15 is 0 Å². The number of anilines is 1. The highest BCUT2D eigenvalue weighted by Gasteiger charge is 2.22. The summed E-state index contributed by atoms with van der Waals surface area (Å²) in [7, 11) is 2.78. The van der Waals surface area contributed by atoms with Crippen LogP contribution in [0.1, 0.15) is 16.1 Å². The van der Waals surface area contributed by atoms with Gasteiger partial charge < -0.3 is 19.9 Å². The average Bonchev–Trinajstić information content (AvgIpc) is 2.81. The number of fused-ring (bicyclic) bond motifs is 1. The maximum atomic E-state index is 15.0. The van der Waals surface area contributed by atoms with Gasteiger partial charge in [-0.2, -0.15) is 4.39 Å². The molecule has 1 aliphatic heterocycles. The van der Waals surface area contributed by atoms with Crippen LogP contribution in [0, 0.1) is 11.8 Å². The molecule has 11 heteroatoms. The van der Waals surface area contributed by atoms with Crippen molar-refractivity contribution in [2.24, 2.45) is 0 Å². The first-order valence-electron chi connectivity index (χ1n) is 10.0. The number of nitrogens with one attached hydrogen (secondary N) is 2. The molecule has 0 bridgehead atoms. The molecule has 1 aromatic carbocycles. The molecule has 0 aliphatic carbocycles. The van der Waals surface area contributed by atoms with Gasteiger partial charge in [-0.05, 0) is 18.2 Å². The number of pyridine rings is 1. The van der Waals surface area contributed by atoms with Crippen molar-refractivity contribution in [3.05, 3.63) is 57.6 Å². The van der Waals surface area contributed by atoms with Crippen molar-refractivity contribution in [1.29, 1.82) is 0 Å². The summed E-state index contributed by atoms with van der Waals surface area (Å²) in [6.45, 7) is 2.52. The Bertz CT molecular complexity index is 1220. The van der Waals surface area contributed by atoms with Gasteiger partial charge in [-0.1, -0.05) is 6.07 Å². The van der Waals surface area contributed by atoms with E-state index in [2.05, 4.69) is 20.3 Å². The zero-order valence-electron chi connectivity index (χ0n) is 17.6. The second kappa shape index (κ2) is 8.87. The number of methoxy groups -OCH3 is 1. The number of ether oxygens (including phenoxy) is 1. The molecular formula is C21H22F2N6O3. The Kier molecular flexibility index (Phi) is 5.99. The van der Waals surface area contributed by atoms with Gasteiger partial charge in [-0.3, -0.25) is 14.5 Å². The summed E-state index contributed by atoms with van der Waals surface area (Å²) < 4.78 is 34.3. The number of hydrogen-bond donors (Lipinski definition) is 2. The van der Waals surface area contributed by atoms with E-state index in [1.54, 1.807) is 18.2 Å². The lowest BCUT2D eigenvalue weighted by Gasteiger charge is -2.36. The fourth-order valence-corrected chi connectivity index (χ4v) is 3.71. The van der Waals surface area contributed by atoms with Gasteiger partial charge in [-0.15, -0.1) is 0 Å². The maximum Gasteiger partial charge on any atom is 0.311 e. The van der Waals surface area contributed by atoms with Crippen LogP contribution in [0.25, 0.3) is 11.0 Å². The number of aromatic amines is 1. The largest absolute Gasteiger partial charge is 0.477 e. The zero-order valence-corrected chi connectivity index (χ0v) is 17.6.